The molecule has 9 heteroatoms. The Morgan fingerprint density at radius 3 is 2.50 bits per heavy atom. The number of carbonyl (C=O) groups is 1. The van der Waals surface area contributed by atoms with E-state index in [4.69, 9.17) is 9.73 Å². The number of carbonyl (C=O) groups excluding carboxylic acids is 1. The standard InChI is InChI=1S/C37H32N4O3S2/c1-4-44-36(43)31-32(24-13-7-5-8-14-24)39-37-41(33(31)25-15-9-6-10-16-25)34(42)30(46-37)20-26-19-22(2)40(23(26)3)35-28(21-38)27-17-11-12-18-29(27)45-35/h5-10,13-16,19-20,33H,4,11-12,17-18H2,1-3H3/b30-20+/t33-/m1/s1. The maximum absolute atomic E-state index is 14.3. The van der Waals surface area contributed by atoms with Gasteiger partial charge in [-0.05, 0) is 75.3 Å². The Morgan fingerprint density at radius 2 is 1.78 bits per heavy atom. The molecule has 2 aromatic carbocycles. The molecule has 1 aliphatic heterocycles. The molecule has 5 aromatic rings. The summed E-state index contributed by atoms with van der Waals surface area (Å²) in [6.45, 7) is 6.05. The van der Waals surface area contributed by atoms with Crippen molar-refractivity contribution < 1.29 is 9.53 Å². The van der Waals surface area contributed by atoms with Gasteiger partial charge in [-0.1, -0.05) is 72.0 Å². The number of ether oxygens (including phenoxy) is 1. The Morgan fingerprint density at radius 1 is 1.07 bits per heavy atom. The van der Waals surface area contributed by atoms with Gasteiger partial charge in [0.25, 0.3) is 5.56 Å². The summed E-state index contributed by atoms with van der Waals surface area (Å²) in [6, 6.07) is 23.0. The van der Waals surface area contributed by atoms with Gasteiger partial charge in [-0.3, -0.25) is 9.36 Å². The minimum Gasteiger partial charge on any atom is -0.463 e. The van der Waals surface area contributed by atoms with Crippen molar-refractivity contribution in [1.82, 2.24) is 9.13 Å². The van der Waals surface area contributed by atoms with Gasteiger partial charge in [-0.15, -0.1) is 11.3 Å². The number of hydrogen-bond donors (Lipinski definition) is 0. The summed E-state index contributed by atoms with van der Waals surface area (Å²) in [5.74, 6) is -0.497. The van der Waals surface area contributed by atoms with Crippen LogP contribution in [0.2, 0.25) is 0 Å². The van der Waals surface area contributed by atoms with Gasteiger partial charge in [-0.2, -0.15) is 5.26 Å². The maximum atomic E-state index is 14.3. The van der Waals surface area contributed by atoms with Crippen LogP contribution in [0.25, 0.3) is 16.8 Å². The quantitative estimate of drug-likeness (QED) is 0.207. The predicted molar refractivity (Wildman–Crippen MR) is 182 cm³/mol. The minimum atomic E-state index is -0.711. The number of fused-ring (bicyclic) bond motifs is 2. The van der Waals surface area contributed by atoms with Crippen molar-refractivity contribution in [2.75, 3.05) is 6.61 Å². The Balaban J connectivity index is 1.43. The van der Waals surface area contributed by atoms with Gasteiger partial charge < -0.3 is 9.30 Å². The second kappa shape index (κ2) is 12.2. The molecule has 0 N–H and O–H groups in total. The normalized spacial score (nSPS) is 16.0. The van der Waals surface area contributed by atoms with E-state index >= 15 is 0 Å². The average molecular weight is 645 g/mol. The topological polar surface area (TPSA) is 89.4 Å². The van der Waals surface area contributed by atoms with Crippen LogP contribution in [0.15, 0.2) is 82.1 Å². The lowest BCUT2D eigenvalue weighted by Crippen LogP contribution is -2.40. The summed E-state index contributed by atoms with van der Waals surface area (Å²) < 4.78 is 9.87. The first-order valence-corrected chi connectivity index (χ1v) is 17.1. The molecule has 7 nitrogen and oxygen atoms in total. The van der Waals surface area contributed by atoms with Crippen molar-refractivity contribution in [2.45, 2.75) is 52.5 Å². The number of esters is 1. The van der Waals surface area contributed by atoms with E-state index in [-0.39, 0.29) is 12.2 Å². The number of rotatable bonds is 6. The fraction of sp³-hybridized carbons (Fsp3) is 0.243. The SMILES string of the molecule is CCOC(=O)C1=C(c2ccccc2)N=c2s/c(=C/c3cc(C)n(-c4sc5c(c4C#N)CCCC5)c3C)c(=O)n2[C@@H]1c1ccccc1. The molecular weight excluding hydrogens is 613 g/mol. The zero-order valence-electron chi connectivity index (χ0n) is 25.9. The van der Waals surface area contributed by atoms with Crippen LogP contribution in [-0.2, 0) is 22.4 Å². The van der Waals surface area contributed by atoms with Crippen LogP contribution in [0.1, 0.15) is 69.9 Å². The van der Waals surface area contributed by atoms with Gasteiger partial charge in [0, 0.05) is 21.8 Å². The van der Waals surface area contributed by atoms with E-state index in [0.29, 0.717) is 20.6 Å². The second-order valence-corrected chi connectivity index (χ2v) is 13.6. The Kier molecular flexibility index (Phi) is 7.93. The third kappa shape index (κ3) is 4.98. The molecule has 0 saturated heterocycles. The van der Waals surface area contributed by atoms with Crippen molar-refractivity contribution in [3.05, 3.63) is 136 Å². The first kappa shape index (κ1) is 29.9. The van der Waals surface area contributed by atoms with Gasteiger partial charge >= 0.3 is 5.97 Å². The number of nitrogens with zero attached hydrogens (tertiary/aromatic N) is 4. The molecular formula is C37H32N4O3S2. The largest absolute Gasteiger partial charge is 0.463 e. The number of benzene rings is 2. The zero-order chi connectivity index (χ0) is 31.9. The van der Waals surface area contributed by atoms with E-state index < -0.39 is 12.0 Å². The number of thiazole rings is 1. The van der Waals surface area contributed by atoms with E-state index in [0.717, 1.165) is 64.3 Å². The lowest BCUT2D eigenvalue weighted by atomic mass is 9.93. The van der Waals surface area contributed by atoms with Crippen molar-refractivity contribution in [1.29, 1.82) is 5.26 Å². The molecule has 3 aromatic heterocycles. The lowest BCUT2D eigenvalue weighted by Gasteiger charge is -2.25. The van der Waals surface area contributed by atoms with Gasteiger partial charge in [0.1, 0.15) is 11.1 Å². The fourth-order valence-electron chi connectivity index (χ4n) is 6.60. The first-order valence-electron chi connectivity index (χ1n) is 15.5. The Labute approximate surface area is 274 Å². The van der Waals surface area contributed by atoms with Crippen LogP contribution in [-0.4, -0.2) is 21.7 Å². The number of aromatic nitrogens is 2. The third-order valence-corrected chi connectivity index (χ3v) is 11.0. The lowest BCUT2D eigenvalue weighted by molar-refractivity contribution is -0.138. The van der Waals surface area contributed by atoms with Gasteiger partial charge in [0.05, 0.1) is 34.0 Å². The van der Waals surface area contributed by atoms with Crippen LogP contribution < -0.4 is 14.9 Å². The molecule has 1 aliphatic carbocycles. The highest BCUT2D eigenvalue weighted by Crippen LogP contribution is 2.39. The van der Waals surface area contributed by atoms with Gasteiger partial charge in [-0.25, -0.2) is 9.79 Å². The molecule has 4 heterocycles. The summed E-state index contributed by atoms with van der Waals surface area (Å²) in [5.41, 5.74) is 7.04. The van der Waals surface area contributed by atoms with Crippen LogP contribution in [0, 0.1) is 25.2 Å². The molecule has 0 spiro atoms. The zero-order valence-corrected chi connectivity index (χ0v) is 27.5. The first-order chi connectivity index (χ1) is 22.4. The molecule has 230 valence electrons. The Bertz CT molecular complexity index is 2250. The molecule has 7 rings (SSSR count). The molecule has 0 fully saturated rings. The summed E-state index contributed by atoms with van der Waals surface area (Å²) >= 11 is 3.03. The van der Waals surface area contributed by atoms with Crippen molar-refractivity contribution in [3.8, 4) is 11.1 Å². The predicted octanol–water partition coefficient (Wildman–Crippen LogP) is 6.16. The Hall–Kier alpha value is -4.78. The third-order valence-electron chi connectivity index (χ3n) is 8.71. The van der Waals surface area contributed by atoms with Crippen molar-refractivity contribution in [3.63, 3.8) is 0 Å². The van der Waals surface area contributed by atoms with E-state index in [1.807, 2.05) is 80.6 Å². The fourth-order valence-corrected chi connectivity index (χ4v) is 9.04. The summed E-state index contributed by atoms with van der Waals surface area (Å²) in [6.07, 6.45) is 6.15. The average Bonchev–Trinajstić information content (AvgIpc) is 3.70. The van der Waals surface area contributed by atoms with E-state index in [9.17, 15) is 14.9 Å². The monoisotopic (exact) mass is 644 g/mol. The minimum absolute atomic E-state index is 0.201. The molecule has 0 amide bonds. The molecule has 2 aliphatic rings. The second-order valence-electron chi connectivity index (χ2n) is 11.5. The van der Waals surface area contributed by atoms with Crippen LogP contribution in [0.4, 0.5) is 0 Å². The molecule has 0 unspecified atom stereocenters. The van der Waals surface area contributed by atoms with E-state index in [1.165, 1.54) is 21.8 Å². The van der Waals surface area contributed by atoms with Gasteiger partial charge in [0.2, 0.25) is 0 Å². The van der Waals surface area contributed by atoms with Crippen molar-refractivity contribution >= 4 is 40.4 Å². The highest BCUT2D eigenvalue weighted by Gasteiger charge is 2.35. The molecule has 0 radical (unpaired) electrons. The van der Waals surface area contributed by atoms with Gasteiger partial charge in [0.15, 0.2) is 4.80 Å². The van der Waals surface area contributed by atoms with Crippen LogP contribution in [0.5, 0.6) is 0 Å². The van der Waals surface area contributed by atoms with Crippen LogP contribution >= 0.6 is 22.7 Å². The molecule has 1 atom stereocenters. The summed E-state index contributed by atoms with van der Waals surface area (Å²) in [4.78, 5) is 34.8. The van der Waals surface area contributed by atoms with Crippen molar-refractivity contribution in [2.24, 2.45) is 4.99 Å². The van der Waals surface area contributed by atoms with E-state index in [2.05, 4.69) is 16.7 Å². The number of thiophene rings is 1. The number of aryl methyl sites for hydroxylation is 2. The van der Waals surface area contributed by atoms with E-state index in [1.54, 1.807) is 22.8 Å². The molecule has 46 heavy (non-hydrogen) atoms. The number of nitriles is 1. The summed E-state index contributed by atoms with van der Waals surface area (Å²) in [5, 5.41) is 11.1. The molecule has 0 bridgehead atoms. The summed E-state index contributed by atoms with van der Waals surface area (Å²) in [7, 11) is 0. The highest BCUT2D eigenvalue weighted by molar-refractivity contribution is 7.15. The molecule has 0 saturated carbocycles. The smallest absolute Gasteiger partial charge is 0.338 e. The maximum Gasteiger partial charge on any atom is 0.338 e. The highest BCUT2D eigenvalue weighted by atomic mass is 32.1. The van der Waals surface area contributed by atoms with Crippen LogP contribution in [0.3, 0.4) is 0 Å². The number of hydrogen-bond acceptors (Lipinski definition) is 7.